The van der Waals surface area contributed by atoms with Crippen LogP contribution in [0.15, 0.2) is 0 Å². The van der Waals surface area contributed by atoms with Crippen molar-refractivity contribution in [2.24, 2.45) is 5.92 Å². The zero-order valence-electron chi connectivity index (χ0n) is 8.08. The molecule has 0 spiro atoms. The predicted molar refractivity (Wildman–Crippen MR) is 48.7 cm³/mol. The van der Waals surface area contributed by atoms with E-state index in [4.69, 9.17) is 10.4 Å². The Bertz CT molecular complexity index is 198. The van der Waals surface area contributed by atoms with E-state index < -0.39 is 5.92 Å². The SMILES string of the molecule is CCC(O)CCNC(=O)C(C)C#N. The van der Waals surface area contributed by atoms with Gasteiger partial charge in [-0.3, -0.25) is 4.79 Å². The minimum absolute atomic E-state index is 0.272. The van der Waals surface area contributed by atoms with Crippen LogP contribution in [0.25, 0.3) is 0 Å². The summed E-state index contributed by atoms with van der Waals surface area (Å²) in [6.45, 7) is 3.86. The standard InChI is InChI=1S/C9H16N2O2/c1-3-8(12)4-5-11-9(13)7(2)6-10/h7-8,12H,3-5H2,1-2H3,(H,11,13). The topological polar surface area (TPSA) is 73.1 Å². The minimum Gasteiger partial charge on any atom is -0.393 e. The molecule has 0 fully saturated rings. The van der Waals surface area contributed by atoms with Crippen LogP contribution in [0.3, 0.4) is 0 Å². The quantitative estimate of drug-likeness (QED) is 0.650. The van der Waals surface area contributed by atoms with Crippen LogP contribution in [-0.4, -0.2) is 23.7 Å². The average Bonchev–Trinajstić information content (AvgIpc) is 2.15. The minimum atomic E-state index is -0.612. The zero-order valence-corrected chi connectivity index (χ0v) is 8.08. The maximum Gasteiger partial charge on any atom is 0.237 e. The van der Waals surface area contributed by atoms with E-state index in [0.717, 1.165) is 0 Å². The molecule has 0 aliphatic rings. The molecule has 0 aromatic rings. The van der Waals surface area contributed by atoms with Crippen molar-refractivity contribution in [2.45, 2.75) is 32.8 Å². The van der Waals surface area contributed by atoms with Gasteiger partial charge >= 0.3 is 0 Å². The Kier molecular flexibility index (Phi) is 5.90. The van der Waals surface area contributed by atoms with Gasteiger partial charge in [0.2, 0.25) is 5.91 Å². The van der Waals surface area contributed by atoms with Crippen LogP contribution >= 0.6 is 0 Å². The molecule has 0 aromatic carbocycles. The third-order valence-electron chi connectivity index (χ3n) is 1.83. The number of carbonyl (C=O) groups excluding carboxylic acids is 1. The Hall–Kier alpha value is -1.08. The summed E-state index contributed by atoms with van der Waals surface area (Å²) >= 11 is 0. The van der Waals surface area contributed by atoms with Crippen molar-refractivity contribution in [1.29, 1.82) is 5.26 Å². The van der Waals surface area contributed by atoms with Crippen LogP contribution in [0.1, 0.15) is 26.7 Å². The van der Waals surface area contributed by atoms with Gasteiger partial charge in [-0.05, 0) is 19.8 Å². The van der Waals surface area contributed by atoms with Crippen LogP contribution in [0.5, 0.6) is 0 Å². The van der Waals surface area contributed by atoms with Crippen LogP contribution in [-0.2, 0) is 4.79 Å². The van der Waals surface area contributed by atoms with Crippen LogP contribution in [0.2, 0.25) is 0 Å². The molecular weight excluding hydrogens is 168 g/mol. The van der Waals surface area contributed by atoms with E-state index in [1.807, 2.05) is 13.0 Å². The van der Waals surface area contributed by atoms with Gasteiger partial charge in [-0.15, -0.1) is 0 Å². The first kappa shape index (κ1) is 11.9. The maximum absolute atomic E-state index is 11.0. The van der Waals surface area contributed by atoms with Crippen molar-refractivity contribution in [3.63, 3.8) is 0 Å². The summed E-state index contributed by atoms with van der Waals surface area (Å²) < 4.78 is 0. The summed E-state index contributed by atoms with van der Waals surface area (Å²) in [6.07, 6.45) is 0.863. The highest BCUT2D eigenvalue weighted by Gasteiger charge is 2.10. The average molecular weight is 184 g/mol. The summed E-state index contributed by atoms with van der Waals surface area (Å²) in [7, 11) is 0. The molecule has 0 rings (SSSR count). The van der Waals surface area contributed by atoms with Crippen molar-refractivity contribution in [2.75, 3.05) is 6.54 Å². The third-order valence-corrected chi connectivity index (χ3v) is 1.83. The lowest BCUT2D eigenvalue weighted by molar-refractivity contribution is -0.123. The molecule has 0 saturated carbocycles. The van der Waals surface area contributed by atoms with Gasteiger partial charge in [0.15, 0.2) is 0 Å². The third kappa shape index (κ3) is 5.21. The highest BCUT2D eigenvalue weighted by molar-refractivity contribution is 5.80. The van der Waals surface area contributed by atoms with Gasteiger partial charge in [0.25, 0.3) is 0 Å². The number of hydrogen-bond acceptors (Lipinski definition) is 3. The number of nitrogens with one attached hydrogen (secondary N) is 1. The number of hydrogen-bond donors (Lipinski definition) is 2. The van der Waals surface area contributed by atoms with E-state index in [1.54, 1.807) is 6.92 Å². The lowest BCUT2D eigenvalue weighted by Crippen LogP contribution is -2.30. The van der Waals surface area contributed by atoms with Crippen LogP contribution < -0.4 is 5.32 Å². The molecule has 2 unspecified atom stereocenters. The fraction of sp³-hybridized carbons (Fsp3) is 0.778. The second kappa shape index (κ2) is 6.44. The highest BCUT2D eigenvalue weighted by atomic mass is 16.3. The monoisotopic (exact) mass is 184 g/mol. The van der Waals surface area contributed by atoms with Crippen LogP contribution in [0, 0.1) is 17.2 Å². The molecule has 0 aliphatic carbocycles. The maximum atomic E-state index is 11.0. The van der Waals surface area contributed by atoms with Crippen molar-refractivity contribution in [1.82, 2.24) is 5.32 Å². The smallest absolute Gasteiger partial charge is 0.237 e. The van der Waals surface area contributed by atoms with Gasteiger partial charge in [0.1, 0.15) is 5.92 Å². The number of amides is 1. The second-order valence-corrected chi connectivity index (χ2v) is 2.99. The molecule has 74 valence electrons. The molecular formula is C9H16N2O2. The Balaban J connectivity index is 3.55. The first-order chi connectivity index (χ1) is 6.11. The van der Waals surface area contributed by atoms with Gasteiger partial charge < -0.3 is 10.4 Å². The molecule has 4 nitrogen and oxygen atoms in total. The Morgan fingerprint density at radius 1 is 1.69 bits per heavy atom. The highest BCUT2D eigenvalue weighted by Crippen LogP contribution is 1.96. The number of nitrogens with zero attached hydrogens (tertiary/aromatic N) is 1. The van der Waals surface area contributed by atoms with E-state index in [0.29, 0.717) is 19.4 Å². The van der Waals surface area contributed by atoms with E-state index in [9.17, 15) is 4.79 Å². The molecule has 13 heavy (non-hydrogen) atoms. The van der Waals surface area contributed by atoms with E-state index in [1.165, 1.54) is 0 Å². The molecule has 0 aliphatic heterocycles. The Labute approximate surface area is 78.6 Å². The van der Waals surface area contributed by atoms with Gasteiger partial charge in [-0.25, -0.2) is 0 Å². The summed E-state index contributed by atoms with van der Waals surface area (Å²) in [5.41, 5.74) is 0. The van der Waals surface area contributed by atoms with E-state index in [-0.39, 0.29) is 12.0 Å². The van der Waals surface area contributed by atoms with Crippen LogP contribution in [0.4, 0.5) is 0 Å². The molecule has 0 saturated heterocycles. The normalized spacial score (nSPS) is 14.3. The summed E-state index contributed by atoms with van der Waals surface area (Å²) in [5.74, 6) is -0.885. The van der Waals surface area contributed by atoms with Crippen molar-refractivity contribution in [3.8, 4) is 6.07 Å². The van der Waals surface area contributed by atoms with Gasteiger partial charge in [0, 0.05) is 6.54 Å². The Morgan fingerprint density at radius 3 is 2.77 bits per heavy atom. The van der Waals surface area contributed by atoms with E-state index in [2.05, 4.69) is 5.32 Å². The Morgan fingerprint density at radius 2 is 2.31 bits per heavy atom. The largest absolute Gasteiger partial charge is 0.393 e. The molecule has 0 aromatic heterocycles. The molecule has 2 N–H and O–H groups in total. The molecule has 0 radical (unpaired) electrons. The summed E-state index contributed by atoms with van der Waals surface area (Å²) in [5, 5.41) is 20.1. The second-order valence-electron chi connectivity index (χ2n) is 2.99. The number of rotatable bonds is 5. The van der Waals surface area contributed by atoms with E-state index >= 15 is 0 Å². The van der Waals surface area contributed by atoms with Gasteiger partial charge in [0.05, 0.1) is 12.2 Å². The molecule has 0 heterocycles. The van der Waals surface area contributed by atoms with Crippen molar-refractivity contribution < 1.29 is 9.90 Å². The number of aliphatic hydroxyl groups is 1. The fourth-order valence-electron chi connectivity index (χ4n) is 0.778. The van der Waals surface area contributed by atoms with Gasteiger partial charge in [-0.2, -0.15) is 5.26 Å². The number of carbonyl (C=O) groups is 1. The van der Waals surface area contributed by atoms with Crippen molar-refractivity contribution >= 4 is 5.91 Å². The first-order valence-corrected chi connectivity index (χ1v) is 4.47. The summed E-state index contributed by atoms with van der Waals surface area (Å²) in [6, 6.07) is 1.84. The lowest BCUT2D eigenvalue weighted by atomic mass is 10.2. The molecule has 1 amide bonds. The molecule has 2 atom stereocenters. The van der Waals surface area contributed by atoms with Crippen molar-refractivity contribution in [3.05, 3.63) is 0 Å². The lowest BCUT2D eigenvalue weighted by Gasteiger charge is -2.09. The first-order valence-electron chi connectivity index (χ1n) is 4.47. The van der Waals surface area contributed by atoms with Gasteiger partial charge in [-0.1, -0.05) is 6.92 Å². The summed E-state index contributed by atoms with van der Waals surface area (Å²) in [4.78, 5) is 11.0. The number of nitriles is 1. The molecule has 0 bridgehead atoms. The molecule has 4 heteroatoms. The zero-order chi connectivity index (χ0) is 10.3. The predicted octanol–water partition coefficient (Wildman–Crippen LogP) is 0.423. The number of aliphatic hydroxyl groups excluding tert-OH is 1. The fourth-order valence-corrected chi connectivity index (χ4v) is 0.778.